The van der Waals surface area contributed by atoms with Gasteiger partial charge in [-0.2, -0.15) is 4.98 Å². The van der Waals surface area contributed by atoms with E-state index in [-0.39, 0.29) is 17.4 Å². The summed E-state index contributed by atoms with van der Waals surface area (Å²) in [5.74, 6) is 0.276. The van der Waals surface area contributed by atoms with E-state index >= 15 is 0 Å². The van der Waals surface area contributed by atoms with E-state index in [1.54, 1.807) is 30.7 Å². The number of aromatic nitrogens is 5. The Balaban J connectivity index is 1.53. The zero-order valence-corrected chi connectivity index (χ0v) is 22.4. The van der Waals surface area contributed by atoms with E-state index in [4.69, 9.17) is 14.5 Å². The minimum absolute atomic E-state index is 0.155. The highest BCUT2D eigenvalue weighted by molar-refractivity contribution is 5.83. The minimum Gasteiger partial charge on any atom is -0.481 e. The summed E-state index contributed by atoms with van der Waals surface area (Å²) in [5.41, 5.74) is 2.59. The van der Waals surface area contributed by atoms with Crippen LogP contribution in [0.3, 0.4) is 0 Å². The highest BCUT2D eigenvalue weighted by Gasteiger charge is 2.35. The summed E-state index contributed by atoms with van der Waals surface area (Å²) in [6, 6.07) is 3.99. The smallest absolute Gasteiger partial charge is 0.314 e. The Morgan fingerprint density at radius 2 is 2.05 bits per heavy atom. The van der Waals surface area contributed by atoms with Crippen molar-refractivity contribution < 1.29 is 18.7 Å². The third-order valence-corrected chi connectivity index (χ3v) is 6.94. The molecular weight excluding hydrogens is 477 g/mol. The molecule has 0 saturated heterocycles. The third-order valence-electron chi connectivity index (χ3n) is 6.94. The zero-order chi connectivity index (χ0) is 26.9. The second-order valence-corrected chi connectivity index (χ2v) is 9.68. The average molecular weight is 512 g/mol. The molecule has 0 fully saturated rings. The van der Waals surface area contributed by atoms with Crippen LogP contribution in [-0.4, -0.2) is 68.4 Å². The van der Waals surface area contributed by atoms with Crippen LogP contribution in [-0.2, 0) is 18.3 Å². The van der Waals surface area contributed by atoms with Gasteiger partial charge in [0.15, 0.2) is 5.82 Å². The van der Waals surface area contributed by atoms with Gasteiger partial charge in [0.1, 0.15) is 11.6 Å². The predicted octanol–water partition coefficient (Wildman–Crippen LogP) is 3.51. The van der Waals surface area contributed by atoms with Crippen LogP contribution >= 0.6 is 0 Å². The van der Waals surface area contributed by atoms with Gasteiger partial charge in [-0.1, -0.05) is 0 Å². The van der Waals surface area contributed by atoms with Gasteiger partial charge in [0.2, 0.25) is 11.8 Å². The fraction of sp³-hybridized carbons (Fsp3) is 0.500. The number of rotatable bonds is 8. The number of fused-ring (bicyclic) bond motifs is 1. The van der Waals surface area contributed by atoms with Crippen molar-refractivity contribution in [3.05, 3.63) is 41.0 Å². The zero-order valence-electron chi connectivity index (χ0n) is 22.4. The summed E-state index contributed by atoms with van der Waals surface area (Å²) in [6.45, 7) is 8.60. The van der Waals surface area contributed by atoms with Crippen LogP contribution in [0.5, 0.6) is 11.9 Å². The monoisotopic (exact) mass is 511 g/mol. The number of likely N-dealkylation sites (N-methyl/N-ethyl adjacent to an activating group) is 1. The molecule has 3 aromatic rings. The number of nitrogens with zero attached hydrogens (tertiary/aromatic N) is 6. The molecule has 0 radical (unpaired) electrons. The number of methoxy groups -OCH3 is 2. The quantitative estimate of drug-likeness (QED) is 0.490. The molecule has 1 aliphatic heterocycles. The summed E-state index contributed by atoms with van der Waals surface area (Å²) in [7, 11) is 4.81. The molecule has 0 unspecified atom stereocenters. The molecule has 37 heavy (non-hydrogen) atoms. The van der Waals surface area contributed by atoms with E-state index < -0.39 is 17.3 Å². The van der Waals surface area contributed by atoms with Crippen LogP contribution in [0.2, 0.25) is 0 Å². The highest BCUT2D eigenvalue weighted by atomic mass is 19.1. The first-order valence-electron chi connectivity index (χ1n) is 12.3. The minimum atomic E-state index is -0.679. The lowest BCUT2D eigenvalue weighted by atomic mass is 9.87. The molecule has 1 N–H and O–H groups in total. The van der Waals surface area contributed by atoms with E-state index in [1.165, 1.54) is 13.2 Å². The van der Waals surface area contributed by atoms with E-state index in [1.807, 2.05) is 13.8 Å². The first-order valence-corrected chi connectivity index (χ1v) is 12.3. The molecule has 0 aliphatic carbocycles. The average Bonchev–Trinajstić information content (AvgIpc) is 3.26. The molecule has 4 rings (SSSR count). The molecule has 1 aliphatic rings. The molecule has 2 atom stereocenters. The summed E-state index contributed by atoms with van der Waals surface area (Å²) < 4.78 is 26.5. The molecule has 3 aromatic heterocycles. The summed E-state index contributed by atoms with van der Waals surface area (Å²) >= 11 is 0. The van der Waals surface area contributed by atoms with Crippen LogP contribution in [0.25, 0.3) is 11.4 Å². The number of carbonyl (C=O) groups is 1. The van der Waals surface area contributed by atoms with Crippen molar-refractivity contribution >= 4 is 11.7 Å². The third kappa shape index (κ3) is 5.21. The summed E-state index contributed by atoms with van der Waals surface area (Å²) in [5, 5.41) is 8.02. The van der Waals surface area contributed by atoms with Gasteiger partial charge in [-0.3, -0.25) is 4.79 Å². The van der Waals surface area contributed by atoms with Crippen LogP contribution < -0.4 is 14.8 Å². The number of anilines is 1. The molecule has 0 spiro atoms. The largest absolute Gasteiger partial charge is 0.481 e. The first kappa shape index (κ1) is 26.3. The van der Waals surface area contributed by atoms with Crippen LogP contribution in [0.1, 0.15) is 49.9 Å². The maximum atomic E-state index is 14.5. The number of amides is 1. The number of pyridine rings is 2. The SMILES string of the molecule is CCN(C[C@@]1(C)CCc2cc(-c3nc(OC)n(C)n3)c(C)nc2N1)C(=O)[C@H](C)c1cc(OC)ncc1F. The number of halogens is 1. The van der Waals surface area contributed by atoms with Crippen molar-refractivity contribution in [3.63, 3.8) is 0 Å². The Morgan fingerprint density at radius 3 is 2.70 bits per heavy atom. The topological polar surface area (TPSA) is 107 Å². The van der Waals surface area contributed by atoms with Crippen molar-refractivity contribution in [3.8, 4) is 23.3 Å². The number of aryl methyl sites for hydroxylation is 3. The van der Waals surface area contributed by atoms with Crippen molar-refractivity contribution in [2.45, 2.75) is 52.0 Å². The molecule has 198 valence electrons. The van der Waals surface area contributed by atoms with Crippen molar-refractivity contribution in [2.75, 3.05) is 32.6 Å². The van der Waals surface area contributed by atoms with Crippen LogP contribution in [0, 0.1) is 12.7 Å². The van der Waals surface area contributed by atoms with E-state index in [2.05, 4.69) is 33.4 Å². The fourth-order valence-electron chi connectivity index (χ4n) is 4.76. The number of carbonyl (C=O) groups excluding carboxylic acids is 1. The van der Waals surface area contributed by atoms with Crippen molar-refractivity contribution in [2.24, 2.45) is 7.05 Å². The standard InChI is InChI=1S/C26H34FN7O3/c1-8-34(24(35)15(2)18-12-21(36-6)28-13-20(18)27)14-26(4)10-9-17-11-19(16(3)29-22(17)31-26)23-30-25(37-7)33(5)32-23/h11-13,15H,8-10,14H2,1-7H3,(H,29,31)/t15-,26-/m1/s1. The Kier molecular flexibility index (Phi) is 7.33. The molecule has 11 heteroatoms. The molecule has 1 amide bonds. The van der Waals surface area contributed by atoms with E-state index in [0.29, 0.717) is 24.9 Å². The van der Waals surface area contributed by atoms with Gasteiger partial charge in [0.25, 0.3) is 0 Å². The number of ether oxygens (including phenoxy) is 2. The maximum Gasteiger partial charge on any atom is 0.314 e. The number of hydrogen-bond donors (Lipinski definition) is 1. The molecule has 0 saturated carbocycles. The van der Waals surface area contributed by atoms with Gasteiger partial charge in [0, 0.05) is 37.3 Å². The highest BCUT2D eigenvalue weighted by Crippen LogP contribution is 2.34. The lowest BCUT2D eigenvalue weighted by molar-refractivity contribution is -0.133. The fourth-order valence-corrected chi connectivity index (χ4v) is 4.76. The second-order valence-electron chi connectivity index (χ2n) is 9.68. The van der Waals surface area contributed by atoms with Crippen LogP contribution in [0.15, 0.2) is 18.3 Å². The number of nitrogens with one attached hydrogen (secondary N) is 1. The maximum absolute atomic E-state index is 14.5. The Labute approximate surface area is 216 Å². The normalized spacial score (nSPS) is 17.5. The van der Waals surface area contributed by atoms with Gasteiger partial charge in [0.05, 0.1) is 37.6 Å². The molecule has 4 heterocycles. The second kappa shape index (κ2) is 10.3. The molecule has 0 aromatic carbocycles. The Morgan fingerprint density at radius 1 is 1.30 bits per heavy atom. The molecule has 0 bridgehead atoms. The summed E-state index contributed by atoms with van der Waals surface area (Å²) in [6.07, 6.45) is 2.66. The van der Waals surface area contributed by atoms with Gasteiger partial charge in [-0.15, -0.1) is 5.10 Å². The number of hydrogen-bond acceptors (Lipinski definition) is 8. The predicted molar refractivity (Wildman–Crippen MR) is 137 cm³/mol. The Hall–Kier alpha value is -3.76. The lowest BCUT2D eigenvalue weighted by Crippen LogP contribution is -2.51. The van der Waals surface area contributed by atoms with Gasteiger partial charge in [-0.25, -0.2) is 19.0 Å². The molecule has 10 nitrogen and oxygen atoms in total. The van der Waals surface area contributed by atoms with Gasteiger partial charge >= 0.3 is 6.01 Å². The van der Waals surface area contributed by atoms with Crippen LogP contribution in [0.4, 0.5) is 10.2 Å². The van der Waals surface area contributed by atoms with Crippen molar-refractivity contribution in [1.29, 1.82) is 0 Å². The lowest BCUT2D eigenvalue weighted by Gasteiger charge is -2.40. The van der Waals surface area contributed by atoms with Gasteiger partial charge in [-0.05, 0) is 52.2 Å². The van der Waals surface area contributed by atoms with Gasteiger partial charge < -0.3 is 19.7 Å². The molecular formula is C26H34FN7O3. The van der Waals surface area contributed by atoms with E-state index in [9.17, 15) is 9.18 Å². The summed E-state index contributed by atoms with van der Waals surface area (Å²) in [4.78, 5) is 28.3. The van der Waals surface area contributed by atoms with Crippen molar-refractivity contribution in [1.82, 2.24) is 29.6 Å². The Bertz CT molecular complexity index is 1310. The first-order chi connectivity index (χ1) is 17.6. The van der Waals surface area contributed by atoms with E-state index in [0.717, 1.165) is 41.7 Å².